The van der Waals surface area contributed by atoms with Crippen LogP contribution >= 0.6 is 11.8 Å². The molecule has 2 aromatic carbocycles. The van der Waals surface area contributed by atoms with E-state index in [1.165, 1.54) is 17.0 Å². The molecule has 0 saturated carbocycles. The van der Waals surface area contributed by atoms with Gasteiger partial charge in [0.25, 0.3) is 0 Å². The molecule has 0 saturated heterocycles. The molecule has 0 heterocycles. The fourth-order valence-corrected chi connectivity index (χ4v) is 1.72. The molecule has 0 fully saturated rings. The Kier molecular flexibility index (Phi) is 3.47. The van der Waals surface area contributed by atoms with Gasteiger partial charge in [-0.3, -0.25) is 0 Å². The molecule has 82 valence electrons. The highest BCUT2D eigenvalue weighted by atomic mass is 32.2. The Bertz CT molecular complexity index is 468. The molecule has 0 radical (unpaired) electrons. The fraction of sp³-hybridized carbons (Fsp3) is 0.0769. The van der Waals surface area contributed by atoms with E-state index in [4.69, 9.17) is 4.74 Å². The molecule has 0 spiro atoms. The van der Waals surface area contributed by atoms with Crippen molar-refractivity contribution in [3.8, 4) is 11.5 Å². The Morgan fingerprint density at radius 1 is 1.00 bits per heavy atom. The van der Waals surface area contributed by atoms with Crippen LogP contribution in [0.1, 0.15) is 0 Å². The SMILES string of the molecule is CSc1ccc(Oc2cccc(F)c2)cc1. The molecule has 0 aliphatic heterocycles. The lowest BCUT2D eigenvalue weighted by molar-refractivity contribution is 0.476. The van der Waals surface area contributed by atoms with Crippen LogP contribution in [-0.4, -0.2) is 6.26 Å². The lowest BCUT2D eigenvalue weighted by Crippen LogP contribution is -1.84. The van der Waals surface area contributed by atoms with Crippen molar-refractivity contribution in [2.45, 2.75) is 4.90 Å². The summed E-state index contributed by atoms with van der Waals surface area (Å²) in [6.45, 7) is 0. The Morgan fingerprint density at radius 2 is 1.75 bits per heavy atom. The van der Waals surface area contributed by atoms with Crippen molar-refractivity contribution in [2.24, 2.45) is 0 Å². The molecule has 16 heavy (non-hydrogen) atoms. The highest BCUT2D eigenvalue weighted by Crippen LogP contribution is 2.24. The van der Waals surface area contributed by atoms with Gasteiger partial charge in [0, 0.05) is 11.0 Å². The average molecular weight is 234 g/mol. The van der Waals surface area contributed by atoms with E-state index in [9.17, 15) is 4.39 Å². The van der Waals surface area contributed by atoms with Crippen molar-refractivity contribution >= 4 is 11.8 Å². The first-order valence-corrected chi connectivity index (χ1v) is 6.08. The largest absolute Gasteiger partial charge is 0.457 e. The van der Waals surface area contributed by atoms with Gasteiger partial charge in [-0.2, -0.15) is 0 Å². The zero-order valence-corrected chi connectivity index (χ0v) is 9.63. The van der Waals surface area contributed by atoms with Crippen LogP contribution in [0.5, 0.6) is 11.5 Å². The van der Waals surface area contributed by atoms with Gasteiger partial charge < -0.3 is 4.74 Å². The van der Waals surface area contributed by atoms with Crippen LogP contribution in [0.4, 0.5) is 4.39 Å². The highest BCUT2D eigenvalue weighted by molar-refractivity contribution is 7.98. The molecule has 2 aromatic rings. The first kappa shape index (κ1) is 11.0. The maximum absolute atomic E-state index is 12.9. The number of thioether (sulfide) groups is 1. The van der Waals surface area contributed by atoms with Crippen molar-refractivity contribution in [3.05, 3.63) is 54.3 Å². The van der Waals surface area contributed by atoms with Crippen LogP contribution < -0.4 is 4.74 Å². The maximum atomic E-state index is 12.9. The summed E-state index contributed by atoms with van der Waals surface area (Å²) in [4.78, 5) is 1.17. The van der Waals surface area contributed by atoms with E-state index < -0.39 is 0 Å². The summed E-state index contributed by atoms with van der Waals surface area (Å²) in [5.41, 5.74) is 0. The monoisotopic (exact) mass is 234 g/mol. The summed E-state index contributed by atoms with van der Waals surface area (Å²) in [5, 5.41) is 0. The Labute approximate surface area is 98.3 Å². The molecule has 0 amide bonds. The third kappa shape index (κ3) is 2.76. The van der Waals surface area contributed by atoms with Crippen LogP contribution in [0.15, 0.2) is 53.4 Å². The second-order valence-corrected chi connectivity index (χ2v) is 4.11. The van der Waals surface area contributed by atoms with Crippen LogP contribution in [0.25, 0.3) is 0 Å². The Morgan fingerprint density at radius 3 is 2.38 bits per heavy atom. The van der Waals surface area contributed by atoms with Gasteiger partial charge in [-0.1, -0.05) is 6.07 Å². The fourth-order valence-electron chi connectivity index (χ4n) is 1.31. The van der Waals surface area contributed by atoms with Gasteiger partial charge in [0.1, 0.15) is 17.3 Å². The summed E-state index contributed by atoms with van der Waals surface area (Å²) in [6.07, 6.45) is 2.02. The van der Waals surface area contributed by atoms with Crippen LogP contribution in [0.2, 0.25) is 0 Å². The molecule has 1 nitrogen and oxygen atoms in total. The summed E-state index contributed by atoms with van der Waals surface area (Å²) >= 11 is 1.67. The topological polar surface area (TPSA) is 9.23 Å². The van der Waals surface area contributed by atoms with E-state index in [1.54, 1.807) is 23.9 Å². The molecule has 0 unspecified atom stereocenters. The lowest BCUT2D eigenvalue weighted by atomic mass is 10.3. The molecule has 2 rings (SSSR count). The van der Waals surface area contributed by atoms with Crippen LogP contribution in [0, 0.1) is 5.82 Å². The van der Waals surface area contributed by atoms with Gasteiger partial charge >= 0.3 is 0 Å². The van der Waals surface area contributed by atoms with Gasteiger partial charge in [-0.05, 0) is 42.7 Å². The Balaban J connectivity index is 2.14. The number of hydrogen-bond donors (Lipinski definition) is 0. The summed E-state index contributed by atoms with van der Waals surface area (Å²) in [7, 11) is 0. The minimum Gasteiger partial charge on any atom is -0.457 e. The smallest absolute Gasteiger partial charge is 0.130 e. The minimum absolute atomic E-state index is 0.293. The second-order valence-electron chi connectivity index (χ2n) is 3.23. The Hall–Kier alpha value is -1.48. The zero-order valence-electron chi connectivity index (χ0n) is 8.81. The van der Waals surface area contributed by atoms with Crippen molar-refractivity contribution in [3.63, 3.8) is 0 Å². The number of hydrogen-bond acceptors (Lipinski definition) is 2. The van der Waals surface area contributed by atoms with E-state index >= 15 is 0 Å². The molecule has 0 bridgehead atoms. The van der Waals surface area contributed by atoms with E-state index in [-0.39, 0.29) is 5.82 Å². The number of halogens is 1. The predicted octanol–water partition coefficient (Wildman–Crippen LogP) is 4.34. The summed E-state index contributed by atoms with van der Waals surface area (Å²) in [6, 6.07) is 13.8. The van der Waals surface area contributed by atoms with E-state index in [0.29, 0.717) is 11.5 Å². The first-order valence-electron chi connectivity index (χ1n) is 4.85. The second kappa shape index (κ2) is 5.03. The molecule has 0 aromatic heterocycles. The minimum atomic E-state index is -0.293. The lowest BCUT2D eigenvalue weighted by Gasteiger charge is -2.05. The van der Waals surface area contributed by atoms with Gasteiger partial charge in [0.15, 0.2) is 0 Å². The van der Waals surface area contributed by atoms with E-state index in [0.717, 1.165) is 0 Å². The molecule has 0 atom stereocenters. The standard InChI is InChI=1S/C13H11FOS/c1-16-13-7-5-11(6-8-13)15-12-4-2-3-10(14)9-12/h2-9H,1H3. The van der Waals surface area contributed by atoms with E-state index in [1.807, 2.05) is 30.5 Å². The number of rotatable bonds is 3. The van der Waals surface area contributed by atoms with E-state index in [2.05, 4.69) is 0 Å². The molecule has 0 aliphatic rings. The molecule has 0 N–H and O–H groups in total. The summed E-state index contributed by atoms with van der Waals surface area (Å²) in [5.74, 6) is 0.929. The molecule has 0 aliphatic carbocycles. The average Bonchev–Trinajstić information content (AvgIpc) is 2.30. The van der Waals surface area contributed by atoms with Crippen LogP contribution in [0.3, 0.4) is 0 Å². The predicted molar refractivity (Wildman–Crippen MR) is 64.7 cm³/mol. The van der Waals surface area contributed by atoms with Gasteiger partial charge in [0.2, 0.25) is 0 Å². The van der Waals surface area contributed by atoms with Crippen LogP contribution in [-0.2, 0) is 0 Å². The van der Waals surface area contributed by atoms with Gasteiger partial charge in [-0.15, -0.1) is 11.8 Å². The van der Waals surface area contributed by atoms with Gasteiger partial charge in [-0.25, -0.2) is 4.39 Å². The third-order valence-electron chi connectivity index (χ3n) is 2.09. The van der Waals surface area contributed by atoms with Crippen molar-refractivity contribution in [2.75, 3.05) is 6.26 Å². The van der Waals surface area contributed by atoms with Gasteiger partial charge in [0.05, 0.1) is 0 Å². The number of ether oxygens (including phenoxy) is 1. The molecule has 3 heteroatoms. The molecular weight excluding hydrogens is 223 g/mol. The first-order chi connectivity index (χ1) is 7.78. The normalized spacial score (nSPS) is 10.1. The van der Waals surface area contributed by atoms with Crippen molar-refractivity contribution in [1.82, 2.24) is 0 Å². The molecular formula is C13H11FOS. The number of benzene rings is 2. The van der Waals surface area contributed by atoms with Crippen molar-refractivity contribution in [1.29, 1.82) is 0 Å². The summed E-state index contributed by atoms with van der Waals surface area (Å²) < 4.78 is 18.4. The maximum Gasteiger partial charge on any atom is 0.130 e. The van der Waals surface area contributed by atoms with Crippen molar-refractivity contribution < 1.29 is 9.13 Å². The zero-order chi connectivity index (χ0) is 11.4. The quantitative estimate of drug-likeness (QED) is 0.730. The highest BCUT2D eigenvalue weighted by Gasteiger charge is 1.98. The third-order valence-corrected chi connectivity index (χ3v) is 2.83.